The summed E-state index contributed by atoms with van der Waals surface area (Å²) in [7, 11) is 1.84. The van der Waals surface area contributed by atoms with Crippen molar-refractivity contribution in [3.8, 4) is 6.07 Å². The molecule has 0 aliphatic heterocycles. The van der Waals surface area contributed by atoms with Crippen molar-refractivity contribution in [1.29, 1.82) is 5.26 Å². The molecule has 2 heterocycles. The number of aromatic nitrogens is 1. The number of ketones is 1. The molecule has 0 aliphatic rings. The molecular weight excluding hydrogens is 244 g/mol. The first kappa shape index (κ1) is 12.3. The number of carbonyl (C=O) groups excluding carboxylic acids is 1. The Hall–Kier alpha value is -2.12. The zero-order valence-corrected chi connectivity index (χ0v) is 11.0. The van der Waals surface area contributed by atoms with Crippen LogP contribution in [0.2, 0.25) is 0 Å². The number of hydrogen-bond acceptors (Lipinski definition) is 3. The van der Waals surface area contributed by atoms with Gasteiger partial charge in [0, 0.05) is 12.7 Å². The molecular formula is C14H12N2OS. The Bertz CT molecular complexity index is 642. The molecule has 3 nitrogen and oxygen atoms in total. The number of nitrogens with zero attached hydrogens (tertiary/aromatic N) is 2. The smallest absolute Gasteiger partial charge is 0.195 e. The Balaban J connectivity index is 2.25. The van der Waals surface area contributed by atoms with Gasteiger partial charge < -0.3 is 4.57 Å². The zero-order valence-electron chi connectivity index (χ0n) is 10.2. The number of hydrogen-bond donors (Lipinski definition) is 0. The fraction of sp³-hybridized carbons (Fsp3) is 0.143. The quantitative estimate of drug-likeness (QED) is 0.625. The predicted molar refractivity (Wildman–Crippen MR) is 72.5 cm³/mol. The van der Waals surface area contributed by atoms with Crippen molar-refractivity contribution in [2.75, 3.05) is 0 Å². The molecule has 0 bridgehead atoms. The third-order valence-corrected chi connectivity index (χ3v) is 3.75. The van der Waals surface area contributed by atoms with E-state index < -0.39 is 0 Å². The van der Waals surface area contributed by atoms with E-state index in [2.05, 4.69) is 6.07 Å². The van der Waals surface area contributed by atoms with Gasteiger partial charge in [0.1, 0.15) is 11.8 Å². The highest BCUT2D eigenvalue weighted by Gasteiger charge is 2.07. The average molecular weight is 256 g/mol. The van der Waals surface area contributed by atoms with Gasteiger partial charge in [-0.3, -0.25) is 4.79 Å². The molecule has 18 heavy (non-hydrogen) atoms. The molecule has 2 aromatic heterocycles. The Morgan fingerprint density at radius 1 is 1.56 bits per heavy atom. The second kappa shape index (κ2) is 5.03. The lowest BCUT2D eigenvalue weighted by Gasteiger charge is -1.97. The summed E-state index contributed by atoms with van der Waals surface area (Å²) in [6, 6.07) is 7.56. The summed E-state index contributed by atoms with van der Waals surface area (Å²) in [5.41, 5.74) is 2.47. The van der Waals surface area contributed by atoms with Gasteiger partial charge in [0.25, 0.3) is 0 Å². The Morgan fingerprint density at radius 2 is 2.33 bits per heavy atom. The molecule has 0 amide bonds. The van der Waals surface area contributed by atoms with Gasteiger partial charge in [-0.2, -0.15) is 5.26 Å². The standard InChI is InChI=1S/C14H12N2OS/c1-10-11(8-12(9-15)16(10)2)5-6-13(17)14-4-3-7-18-14/h3-8H,1-2H3/b6-5+. The van der Waals surface area contributed by atoms with Gasteiger partial charge >= 0.3 is 0 Å². The number of nitriles is 1. The highest BCUT2D eigenvalue weighted by molar-refractivity contribution is 7.12. The fourth-order valence-corrected chi connectivity index (χ4v) is 2.31. The van der Waals surface area contributed by atoms with Gasteiger partial charge in [-0.05, 0) is 42.2 Å². The topological polar surface area (TPSA) is 45.8 Å². The maximum atomic E-state index is 11.8. The average Bonchev–Trinajstić information content (AvgIpc) is 2.98. The van der Waals surface area contributed by atoms with Gasteiger partial charge in [0.05, 0.1) is 4.88 Å². The van der Waals surface area contributed by atoms with E-state index in [9.17, 15) is 4.79 Å². The molecule has 0 unspecified atom stereocenters. The lowest BCUT2D eigenvalue weighted by Crippen LogP contribution is -1.94. The second-order valence-electron chi connectivity index (χ2n) is 3.92. The molecule has 0 radical (unpaired) electrons. The maximum Gasteiger partial charge on any atom is 0.195 e. The summed E-state index contributed by atoms with van der Waals surface area (Å²) in [5.74, 6) is -0.00763. The van der Waals surface area contributed by atoms with Crippen LogP contribution in [0.5, 0.6) is 0 Å². The van der Waals surface area contributed by atoms with Crippen molar-refractivity contribution in [3.63, 3.8) is 0 Å². The molecule has 0 saturated carbocycles. The lowest BCUT2D eigenvalue weighted by atomic mass is 10.2. The number of allylic oxidation sites excluding steroid dienone is 1. The first-order chi connectivity index (χ1) is 8.63. The molecule has 2 rings (SSSR count). The molecule has 4 heteroatoms. The Morgan fingerprint density at radius 3 is 2.89 bits per heavy atom. The van der Waals surface area contributed by atoms with Crippen LogP contribution in [0.4, 0.5) is 0 Å². The molecule has 0 atom stereocenters. The normalized spacial score (nSPS) is 10.7. The van der Waals surface area contributed by atoms with Gasteiger partial charge in [-0.15, -0.1) is 11.3 Å². The summed E-state index contributed by atoms with van der Waals surface area (Å²) in [5, 5.41) is 10.8. The molecule has 0 spiro atoms. The minimum absolute atomic E-state index is 0.00763. The first-order valence-corrected chi connectivity index (χ1v) is 6.34. The second-order valence-corrected chi connectivity index (χ2v) is 4.86. The SMILES string of the molecule is Cc1c(/C=C/C(=O)c2cccs2)cc(C#N)n1C. The number of carbonyl (C=O) groups is 1. The summed E-state index contributed by atoms with van der Waals surface area (Å²) >= 11 is 1.42. The largest absolute Gasteiger partial charge is 0.339 e. The van der Waals surface area contributed by atoms with Crippen LogP contribution in [0.1, 0.15) is 26.6 Å². The Kier molecular flexibility index (Phi) is 3.45. The molecule has 0 N–H and O–H groups in total. The van der Waals surface area contributed by atoms with Crippen molar-refractivity contribution >= 4 is 23.2 Å². The molecule has 0 aliphatic carbocycles. The molecule has 0 aromatic carbocycles. The van der Waals surface area contributed by atoms with E-state index in [0.717, 1.165) is 16.1 Å². The predicted octanol–water partition coefficient (Wildman–Crippen LogP) is 3.16. The van der Waals surface area contributed by atoms with Crippen molar-refractivity contribution in [2.45, 2.75) is 6.92 Å². The van der Waals surface area contributed by atoms with E-state index >= 15 is 0 Å². The van der Waals surface area contributed by atoms with Crippen molar-refractivity contribution in [2.24, 2.45) is 7.05 Å². The number of thiophene rings is 1. The van der Waals surface area contributed by atoms with Crippen LogP contribution in [-0.4, -0.2) is 10.4 Å². The van der Waals surface area contributed by atoms with E-state index in [1.807, 2.05) is 30.0 Å². The van der Waals surface area contributed by atoms with E-state index in [1.54, 1.807) is 24.3 Å². The minimum Gasteiger partial charge on any atom is -0.339 e. The maximum absolute atomic E-state index is 11.8. The van der Waals surface area contributed by atoms with Crippen LogP contribution in [-0.2, 0) is 7.05 Å². The van der Waals surface area contributed by atoms with Crippen molar-refractivity contribution < 1.29 is 4.79 Å². The first-order valence-electron chi connectivity index (χ1n) is 5.46. The molecule has 2 aromatic rings. The van der Waals surface area contributed by atoms with Crippen molar-refractivity contribution in [1.82, 2.24) is 4.57 Å². The monoisotopic (exact) mass is 256 g/mol. The summed E-state index contributed by atoms with van der Waals surface area (Å²) in [4.78, 5) is 12.5. The number of rotatable bonds is 3. The van der Waals surface area contributed by atoms with Crippen LogP contribution >= 0.6 is 11.3 Å². The zero-order chi connectivity index (χ0) is 13.1. The lowest BCUT2D eigenvalue weighted by molar-refractivity contribution is 0.105. The van der Waals surface area contributed by atoms with Crippen molar-refractivity contribution in [3.05, 3.63) is 51.5 Å². The highest BCUT2D eigenvalue weighted by Crippen LogP contribution is 2.16. The summed E-state index contributed by atoms with van der Waals surface area (Å²) < 4.78 is 1.81. The van der Waals surface area contributed by atoms with E-state index in [-0.39, 0.29) is 5.78 Å². The third-order valence-electron chi connectivity index (χ3n) is 2.87. The highest BCUT2D eigenvalue weighted by atomic mass is 32.1. The fourth-order valence-electron chi connectivity index (χ4n) is 1.67. The van der Waals surface area contributed by atoms with Crippen LogP contribution in [0.15, 0.2) is 29.7 Å². The summed E-state index contributed by atoms with van der Waals surface area (Å²) in [6.07, 6.45) is 3.31. The van der Waals surface area contributed by atoms with Crippen LogP contribution in [0, 0.1) is 18.3 Å². The van der Waals surface area contributed by atoms with Gasteiger partial charge in [-0.1, -0.05) is 6.07 Å². The van der Waals surface area contributed by atoms with Crippen LogP contribution < -0.4 is 0 Å². The summed E-state index contributed by atoms with van der Waals surface area (Å²) in [6.45, 7) is 1.93. The van der Waals surface area contributed by atoms with E-state index in [0.29, 0.717) is 5.69 Å². The molecule has 0 fully saturated rings. The van der Waals surface area contributed by atoms with Gasteiger partial charge in [0.2, 0.25) is 0 Å². The van der Waals surface area contributed by atoms with Crippen LogP contribution in [0.3, 0.4) is 0 Å². The Labute approximate surface area is 110 Å². The van der Waals surface area contributed by atoms with E-state index in [4.69, 9.17) is 5.26 Å². The minimum atomic E-state index is -0.00763. The molecule has 0 saturated heterocycles. The molecule has 90 valence electrons. The van der Waals surface area contributed by atoms with E-state index in [1.165, 1.54) is 11.3 Å². The van der Waals surface area contributed by atoms with Gasteiger partial charge in [0.15, 0.2) is 5.78 Å². The van der Waals surface area contributed by atoms with Crippen LogP contribution in [0.25, 0.3) is 6.08 Å². The van der Waals surface area contributed by atoms with Gasteiger partial charge in [-0.25, -0.2) is 0 Å². The third kappa shape index (κ3) is 2.27.